The molecule has 5 nitrogen and oxygen atoms in total. The number of methoxy groups -OCH3 is 1. The van der Waals surface area contributed by atoms with Crippen LogP contribution in [-0.4, -0.2) is 39.3 Å². The van der Waals surface area contributed by atoms with Crippen LogP contribution in [0.5, 0.6) is 5.75 Å². The number of carbonyl (C=O) groups excluding carboxylic acids is 1. The van der Waals surface area contributed by atoms with E-state index in [1.54, 1.807) is 7.11 Å². The number of amides is 2. The van der Waals surface area contributed by atoms with E-state index in [0.29, 0.717) is 25.4 Å². The van der Waals surface area contributed by atoms with Gasteiger partial charge >= 0.3 is 12.2 Å². The van der Waals surface area contributed by atoms with Crippen LogP contribution >= 0.6 is 0 Å². The van der Waals surface area contributed by atoms with E-state index in [1.165, 1.54) is 12.1 Å². The fourth-order valence-corrected chi connectivity index (χ4v) is 3.52. The highest BCUT2D eigenvalue weighted by molar-refractivity contribution is 5.73. The molecule has 8 heteroatoms. The smallest absolute Gasteiger partial charge is 0.416 e. The van der Waals surface area contributed by atoms with Crippen LogP contribution in [0.1, 0.15) is 17.5 Å². The highest BCUT2D eigenvalue weighted by atomic mass is 19.4. The summed E-state index contributed by atoms with van der Waals surface area (Å²) >= 11 is 0. The molecule has 0 aromatic heterocycles. The third kappa shape index (κ3) is 6.05. The van der Waals surface area contributed by atoms with Gasteiger partial charge in [0.1, 0.15) is 5.75 Å². The Morgan fingerprint density at radius 3 is 2.63 bits per heavy atom. The Kier molecular flexibility index (Phi) is 7.07. The minimum atomic E-state index is -4.33. The first-order valence-electron chi connectivity index (χ1n) is 9.92. The number of nitrogens with one attached hydrogen (secondary N) is 2. The van der Waals surface area contributed by atoms with Gasteiger partial charge < -0.3 is 20.3 Å². The average Bonchev–Trinajstić information content (AvgIpc) is 3.21. The molecule has 1 aliphatic rings. The van der Waals surface area contributed by atoms with Gasteiger partial charge in [0.05, 0.1) is 12.7 Å². The summed E-state index contributed by atoms with van der Waals surface area (Å²) in [6.07, 6.45) is -2.87. The van der Waals surface area contributed by atoms with Crippen LogP contribution in [0, 0.1) is 5.92 Å². The van der Waals surface area contributed by atoms with Crippen LogP contribution in [0.4, 0.5) is 23.7 Å². The van der Waals surface area contributed by atoms with E-state index in [0.717, 1.165) is 48.6 Å². The summed E-state index contributed by atoms with van der Waals surface area (Å²) in [6.45, 7) is 2.72. The number of alkyl halides is 3. The van der Waals surface area contributed by atoms with Gasteiger partial charge in [-0.2, -0.15) is 13.2 Å². The van der Waals surface area contributed by atoms with Gasteiger partial charge in [0.15, 0.2) is 0 Å². The lowest BCUT2D eigenvalue weighted by molar-refractivity contribution is -0.137. The number of halogens is 3. The van der Waals surface area contributed by atoms with Crippen LogP contribution < -0.4 is 20.3 Å². The molecule has 0 spiro atoms. The van der Waals surface area contributed by atoms with E-state index in [1.807, 2.05) is 24.3 Å². The van der Waals surface area contributed by atoms with Gasteiger partial charge in [-0.3, -0.25) is 0 Å². The summed E-state index contributed by atoms with van der Waals surface area (Å²) in [7, 11) is 1.64. The second kappa shape index (κ2) is 9.73. The van der Waals surface area contributed by atoms with E-state index >= 15 is 0 Å². The predicted molar refractivity (Wildman–Crippen MR) is 110 cm³/mol. The molecular formula is C22H26F3N3O2. The van der Waals surface area contributed by atoms with Gasteiger partial charge in [0.2, 0.25) is 0 Å². The van der Waals surface area contributed by atoms with Crippen LogP contribution in [-0.2, 0) is 12.6 Å². The average molecular weight is 421 g/mol. The third-order valence-corrected chi connectivity index (χ3v) is 5.24. The van der Waals surface area contributed by atoms with Crippen LogP contribution in [0.2, 0.25) is 0 Å². The number of rotatable bonds is 7. The van der Waals surface area contributed by atoms with E-state index in [9.17, 15) is 18.0 Å². The minimum Gasteiger partial charge on any atom is -0.497 e. The molecule has 162 valence electrons. The highest BCUT2D eigenvalue weighted by Crippen LogP contribution is 2.29. The maximum Gasteiger partial charge on any atom is 0.416 e. The molecule has 1 heterocycles. The SMILES string of the molecule is COc1cccc(N2CCC(CNC(=O)NCCc3ccc(C(F)(F)F)cc3)C2)c1. The molecule has 3 rings (SSSR count). The normalized spacial score (nSPS) is 16.4. The summed E-state index contributed by atoms with van der Waals surface area (Å²) in [6, 6.07) is 12.7. The van der Waals surface area contributed by atoms with E-state index in [-0.39, 0.29) is 6.03 Å². The molecular weight excluding hydrogens is 395 g/mol. The standard InChI is InChI=1S/C22H26F3N3O2/c1-30-20-4-2-3-19(13-20)28-12-10-17(15-28)14-27-21(29)26-11-9-16-5-7-18(8-6-16)22(23,24)25/h2-8,13,17H,9-12,14-15H2,1H3,(H2,26,27,29). The van der Waals surface area contributed by atoms with E-state index in [4.69, 9.17) is 4.74 Å². The molecule has 2 aromatic carbocycles. The quantitative estimate of drug-likeness (QED) is 0.708. The summed E-state index contributed by atoms with van der Waals surface area (Å²) in [5.74, 6) is 1.18. The topological polar surface area (TPSA) is 53.6 Å². The molecule has 2 N–H and O–H groups in total. The second-order valence-electron chi connectivity index (χ2n) is 7.38. The van der Waals surface area contributed by atoms with Crippen molar-refractivity contribution in [3.8, 4) is 5.75 Å². The lowest BCUT2D eigenvalue weighted by Gasteiger charge is -2.19. The van der Waals surface area contributed by atoms with E-state index < -0.39 is 11.7 Å². The van der Waals surface area contributed by atoms with Crippen molar-refractivity contribution in [1.82, 2.24) is 10.6 Å². The van der Waals surface area contributed by atoms with E-state index in [2.05, 4.69) is 15.5 Å². The maximum atomic E-state index is 12.6. The number of nitrogens with zero attached hydrogens (tertiary/aromatic N) is 1. The van der Waals surface area contributed by atoms with Crippen LogP contribution in [0.25, 0.3) is 0 Å². The van der Waals surface area contributed by atoms with Crippen molar-refractivity contribution in [2.24, 2.45) is 5.92 Å². The molecule has 2 amide bonds. The largest absolute Gasteiger partial charge is 0.497 e. The molecule has 2 aromatic rings. The fourth-order valence-electron chi connectivity index (χ4n) is 3.52. The monoisotopic (exact) mass is 421 g/mol. The zero-order valence-corrected chi connectivity index (χ0v) is 16.8. The Hall–Kier alpha value is -2.90. The van der Waals surface area contributed by atoms with Crippen molar-refractivity contribution < 1.29 is 22.7 Å². The second-order valence-corrected chi connectivity index (χ2v) is 7.38. The fraction of sp³-hybridized carbons (Fsp3) is 0.409. The number of benzene rings is 2. The summed E-state index contributed by atoms with van der Waals surface area (Å²) in [5, 5.41) is 5.64. The molecule has 1 atom stereocenters. The Balaban J connectivity index is 1.36. The molecule has 0 bridgehead atoms. The zero-order chi connectivity index (χ0) is 21.6. The van der Waals surface area contributed by atoms with Gasteiger partial charge in [0, 0.05) is 37.9 Å². The van der Waals surface area contributed by atoms with Crippen molar-refractivity contribution in [3.05, 3.63) is 59.7 Å². The van der Waals surface area contributed by atoms with Gasteiger partial charge in [-0.05, 0) is 48.6 Å². The maximum absolute atomic E-state index is 12.6. The molecule has 1 saturated heterocycles. The summed E-state index contributed by atoms with van der Waals surface area (Å²) < 4.78 is 43.0. The molecule has 0 aliphatic carbocycles. The summed E-state index contributed by atoms with van der Waals surface area (Å²) in [4.78, 5) is 14.3. The number of anilines is 1. The summed E-state index contributed by atoms with van der Waals surface area (Å²) in [5.41, 5.74) is 1.18. The Morgan fingerprint density at radius 1 is 1.17 bits per heavy atom. The molecule has 1 fully saturated rings. The van der Waals surface area contributed by atoms with Gasteiger partial charge in [-0.1, -0.05) is 18.2 Å². The highest BCUT2D eigenvalue weighted by Gasteiger charge is 2.29. The third-order valence-electron chi connectivity index (χ3n) is 5.24. The molecule has 1 unspecified atom stereocenters. The minimum absolute atomic E-state index is 0.262. The predicted octanol–water partition coefficient (Wildman–Crippen LogP) is 4.08. The van der Waals surface area contributed by atoms with Crippen LogP contribution in [0.3, 0.4) is 0 Å². The Labute approximate surface area is 174 Å². The lowest BCUT2D eigenvalue weighted by atomic mass is 10.1. The first kappa shape index (κ1) is 21.8. The number of carbonyl (C=O) groups is 1. The van der Waals surface area contributed by atoms with Crippen molar-refractivity contribution >= 4 is 11.7 Å². The van der Waals surface area contributed by atoms with Crippen molar-refractivity contribution in [3.63, 3.8) is 0 Å². The Morgan fingerprint density at radius 2 is 1.93 bits per heavy atom. The first-order valence-corrected chi connectivity index (χ1v) is 9.92. The van der Waals surface area contributed by atoms with Crippen LogP contribution in [0.15, 0.2) is 48.5 Å². The number of ether oxygens (including phenoxy) is 1. The number of urea groups is 1. The van der Waals surface area contributed by atoms with Crippen molar-refractivity contribution in [2.75, 3.05) is 38.2 Å². The van der Waals surface area contributed by atoms with Crippen molar-refractivity contribution in [2.45, 2.75) is 19.0 Å². The molecule has 0 saturated carbocycles. The molecule has 0 radical (unpaired) electrons. The zero-order valence-electron chi connectivity index (χ0n) is 16.8. The number of hydrogen-bond acceptors (Lipinski definition) is 3. The van der Waals surface area contributed by atoms with Crippen molar-refractivity contribution in [1.29, 1.82) is 0 Å². The van der Waals surface area contributed by atoms with Gasteiger partial charge in [0.25, 0.3) is 0 Å². The lowest BCUT2D eigenvalue weighted by Crippen LogP contribution is -2.39. The Bertz CT molecular complexity index is 840. The van der Waals surface area contributed by atoms with Gasteiger partial charge in [-0.25, -0.2) is 4.79 Å². The molecule has 30 heavy (non-hydrogen) atoms. The number of hydrogen-bond donors (Lipinski definition) is 2. The first-order chi connectivity index (χ1) is 14.3. The molecule has 1 aliphatic heterocycles. The van der Waals surface area contributed by atoms with Gasteiger partial charge in [-0.15, -0.1) is 0 Å².